The minimum absolute atomic E-state index is 0.510. The van der Waals surface area contributed by atoms with Gasteiger partial charge in [-0.1, -0.05) is 13.3 Å². The Morgan fingerprint density at radius 2 is 1.90 bits per heavy atom. The lowest BCUT2D eigenvalue weighted by Gasteiger charge is -1.91. The number of rotatable bonds is 3. The number of nitrogens with zero attached hydrogens (tertiary/aromatic N) is 2. The van der Waals surface area contributed by atoms with E-state index in [1.807, 2.05) is 6.92 Å². The molecule has 0 amide bonds. The van der Waals surface area contributed by atoms with E-state index in [9.17, 15) is 0 Å². The zero-order valence-corrected chi connectivity index (χ0v) is 6.89. The third-order valence-corrected chi connectivity index (χ3v) is 0.990. The molecule has 0 unspecified atom stereocenters. The van der Waals surface area contributed by atoms with Crippen molar-refractivity contribution < 1.29 is 0 Å². The Balaban J connectivity index is 3.79. The number of amidine groups is 1. The molecule has 0 aliphatic heterocycles. The van der Waals surface area contributed by atoms with Gasteiger partial charge in [0.05, 0.1) is 0 Å². The van der Waals surface area contributed by atoms with Crippen molar-refractivity contribution in [2.45, 2.75) is 33.6 Å². The molecule has 0 saturated carbocycles. The topological polar surface area (TPSA) is 50.7 Å². The molecule has 3 heteroatoms. The van der Waals surface area contributed by atoms with Crippen LogP contribution < -0.4 is 5.73 Å². The Hall–Kier alpha value is -0.860. The molecule has 0 aromatic heterocycles. The normalized spacial score (nSPS) is 13.9. The highest BCUT2D eigenvalue weighted by molar-refractivity contribution is 5.83. The van der Waals surface area contributed by atoms with Gasteiger partial charge in [-0.2, -0.15) is 5.10 Å². The molecule has 0 spiro atoms. The van der Waals surface area contributed by atoms with Crippen LogP contribution in [0.3, 0.4) is 0 Å². The maximum Gasteiger partial charge on any atom is 0.119 e. The first-order chi connectivity index (χ1) is 4.66. The lowest BCUT2D eigenvalue weighted by Crippen LogP contribution is -2.04. The molecule has 0 aromatic carbocycles. The Morgan fingerprint density at radius 1 is 1.30 bits per heavy atom. The van der Waals surface area contributed by atoms with Crippen molar-refractivity contribution in [3.05, 3.63) is 0 Å². The van der Waals surface area contributed by atoms with E-state index >= 15 is 0 Å². The fraction of sp³-hybridized carbons (Fsp3) is 0.714. The second-order valence-corrected chi connectivity index (χ2v) is 2.33. The highest BCUT2D eigenvalue weighted by atomic mass is 15.2. The van der Waals surface area contributed by atoms with Crippen molar-refractivity contribution in [2.75, 3.05) is 0 Å². The van der Waals surface area contributed by atoms with Crippen LogP contribution in [0.4, 0.5) is 0 Å². The molecule has 0 aliphatic carbocycles. The van der Waals surface area contributed by atoms with Crippen LogP contribution in [0, 0.1) is 0 Å². The van der Waals surface area contributed by atoms with Crippen molar-refractivity contribution in [1.29, 1.82) is 0 Å². The van der Waals surface area contributed by atoms with Gasteiger partial charge in [-0.25, -0.2) is 0 Å². The van der Waals surface area contributed by atoms with Crippen molar-refractivity contribution in [1.82, 2.24) is 0 Å². The summed E-state index contributed by atoms with van der Waals surface area (Å²) < 4.78 is 0. The van der Waals surface area contributed by atoms with E-state index in [-0.39, 0.29) is 0 Å². The second-order valence-electron chi connectivity index (χ2n) is 2.33. The quantitative estimate of drug-likeness (QED) is 0.362. The fourth-order valence-electron chi connectivity index (χ4n) is 0.576. The highest BCUT2D eigenvalue weighted by Crippen LogP contribution is 1.91. The monoisotopic (exact) mass is 141 g/mol. The number of hydrogen-bond donors (Lipinski definition) is 1. The lowest BCUT2D eigenvalue weighted by molar-refractivity contribution is 0.976. The van der Waals surface area contributed by atoms with Crippen molar-refractivity contribution in [2.24, 2.45) is 15.9 Å². The van der Waals surface area contributed by atoms with Gasteiger partial charge in [-0.3, -0.25) is 0 Å². The lowest BCUT2D eigenvalue weighted by atomic mass is 10.2. The van der Waals surface area contributed by atoms with E-state index in [1.165, 1.54) is 0 Å². The fourth-order valence-corrected chi connectivity index (χ4v) is 0.576. The zero-order chi connectivity index (χ0) is 7.98. The summed E-state index contributed by atoms with van der Waals surface area (Å²) in [7, 11) is 0. The third kappa shape index (κ3) is 5.28. The summed E-state index contributed by atoms with van der Waals surface area (Å²) in [5.74, 6) is 0.510. The van der Waals surface area contributed by atoms with Crippen molar-refractivity contribution in [3.63, 3.8) is 0 Å². The summed E-state index contributed by atoms with van der Waals surface area (Å²) in [6.45, 7) is 5.79. The molecule has 2 N–H and O–H groups in total. The summed E-state index contributed by atoms with van der Waals surface area (Å²) in [4.78, 5) is 0. The molecule has 0 fully saturated rings. The molecule has 3 nitrogen and oxygen atoms in total. The Kier molecular flexibility index (Phi) is 4.54. The summed E-state index contributed by atoms with van der Waals surface area (Å²) >= 11 is 0. The van der Waals surface area contributed by atoms with Crippen molar-refractivity contribution >= 4 is 11.5 Å². The van der Waals surface area contributed by atoms with Crippen molar-refractivity contribution in [3.8, 4) is 0 Å². The molecule has 0 rings (SSSR count). The largest absolute Gasteiger partial charge is 0.386 e. The van der Waals surface area contributed by atoms with Crippen LogP contribution in [0.25, 0.3) is 0 Å². The maximum atomic E-state index is 5.28. The average molecular weight is 141 g/mol. The molecule has 0 aromatic rings. The van der Waals surface area contributed by atoms with Gasteiger partial charge in [0, 0.05) is 5.71 Å². The predicted octanol–water partition coefficient (Wildman–Crippen LogP) is 1.54. The van der Waals surface area contributed by atoms with E-state index in [2.05, 4.69) is 17.1 Å². The van der Waals surface area contributed by atoms with Gasteiger partial charge in [0.25, 0.3) is 0 Å². The Bertz CT molecular complexity index is 143. The zero-order valence-electron chi connectivity index (χ0n) is 6.89. The summed E-state index contributed by atoms with van der Waals surface area (Å²) in [6, 6.07) is 0. The van der Waals surface area contributed by atoms with Gasteiger partial charge in [0.2, 0.25) is 0 Å². The highest BCUT2D eigenvalue weighted by Gasteiger charge is 1.86. The average Bonchev–Trinajstić information content (AvgIpc) is 1.85. The molecule has 0 heterocycles. The van der Waals surface area contributed by atoms with E-state index in [4.69, 9.17) is 5.73 Å². The van der Waals surface area contributed by atoms with E-state index < -0.39 is 0 Å². The molecule has 0 atom stereocenters. The number of nitrogens with two attached hydrogens (primary N) is 1. The number of hydrogen-bond acceptors (Lipinski definition) is 2. The molecule has 0 radical (unpaired) electrons. The first-order valence-electron chi connectivity index (χ1n) is 3.50. The Morgan fingerprint density at radius 3 is 2.30 bits per heavy atom. The minimum atomic E-state index is 0.510. The van der Waals surface area contributed by atoms with Crippen LogP contribution >= 0.6 is 0 Å². The van der Waals surface area contributed by atoms with Crippen LogP contribution in [0.1, 0.15) is 33.6 Å². The van der Waals surface area contributed by atoms with E-state index in [0.29, 0.717) is 5.84 Å². The maximum absolute atomic E-state index is 5.28. The molecule has 58 valence electrons. The minimum Gasteiger partial charge on any atom is -0.386 e. The summed E-state index contributed by atoms with van der Waals surface area (Å²) in [6.07, 6.45) is 2.10. The molecule has 10 heavy (non-hydrogen) atoms. The predicted molar refractivity (Wildman–Crippen MR) is 45.3 cm³/mol. The second kappa shape index (κ2) is 4.97. The van der Waals surface area contributed by atoms with Crippen LogP contribution in [0.2, 0.25) is 0 Å². The molecule has 0 saturated heterocycles. The molecule has 0 bridgehead atoms. The third-order valence-electron chi connectivity index (χ3n) is 0.990. The Labute approximate surface area is 62.0 Å². The first-order valence-corrected chi connectivity index (χ1v) is 3.50. The standard InChI is InChI=1S/C7H15N3/c1-4-5-6(2)9-10-7(3)8/h4-5H2,1-3H3,(H2,8,10). The van der Waals surface area contributed by atoms with Gasteiger partial charge in [-0.15, -0.1) is 5.10 Å². The molecular weight excluding hydrogens is 126 g/mol. The van der Waals surface area contributed by atoms with Crippen LogP contribution in [-0.4, -0.2) is 11.5 Å². The first kappa shape index (κ1) is 9.14. The van der Waals surface area contributed by atoms with Crippen LogP contribution in [0.5, 0.6) is 0 Å². The van der Waals surface area contributed by atoms with E-state index in [1.54, 1.807) is 6.92 Å². The van der Waals surface area contributed by atoms with Gasteiger partial charge >= 0.3 is 0 Å². The summed E-state index contributed by atoms with van der Waals surface area (Å²) in [5, 5.41) is 7.62. The van der Waals surface area contributed by atoms with Crippen LogP contribution in [-0.2, 0) is 0 Å². The van der Waals surface area contributed by atoms with Gasteiger partial charge in [-0.05, 0) is 20.3 Å². The van der Waals surface area contributed by atoms with Crippen LogP contribution in [0.15, 0.2) is 10.2 Å². The summed E-state index contributed by atoms with van der Waals surface area (Å²) in [5.41, 5.74) is 6.31. The van der Waals surface area contributed by atoms with Gasteiger partial charge in [0.15, 0.2) is 0 Å². The molecule has 0 aliphatic rings. The van der Waals surface area contributed by atoms with Gasteiger partial charge < -0.3 is 5.73 Å². The van der Waals surface area contributed by atoms with Gasteiger partial charge in [0.1, 0.15) is 5.84 Å². The molecular formula is C7H15N3. The smallest absolute Gasteiger partial charge is 0.119 e. The SMILES string of the molecule is CCCC(C)=NN=C(C)N. The van der Waals surface area contributed by atoms with E-state index in [0.717, 1.165) is 18.6 Å².